The van der Waals surface area contributed by atoms with Gasteiger partial charge in [0.25, 0.3) is 0 Å². The lowest BCUT2D eigenvalue weighted by Gasteiger charge is -2.13. The van der Waals surface area contributed by atoms with Crippen molar-refractivity contribution in [2.75, 3.05) is 0 Å². The van der Waals surface area contributed by atoms with Gasteiger partial charge in [0, 0.05) is 18.5 Å². The minimum Gasteiger partial charge on any atom is -0.488 e. The minimum absolute atomic E-state index is 0.486. The number of rotatable bonds is 5. The lowest BCUT2D eigenvalue weighted by atomic mass is 9.93. The largest absolute Gasteiger partial charge is 0.488 e. The molecular formula is C28H27N3O2. The molecule has 1 aromatic heterocycles. The highest BCUT2D eigenvalue weighted by Gasteiger charge is 2.20. The predicted octanol–water partition coefficient (Wildman–Crippen LogP) is 6.13. The minimum atomic E-state index is 0.486. The average Bonchev–Trinajstić information content (AvgIpc) is 3.09. The summed E-state index contributed by atoms with van der Waals surface area (Å²) in [5, 5.41) is 12.2. The molecule has 166 valence electrons. The zero-order valence-electron chi connectivity index (χ0n) is 19.0. The molecule has 0 saturated carbocycles. The molecule has 0 amide bonds. The molecule has 0 bridgehead atoms. The summed E-state index contributed by atoms with van der Waals surface area (Å²) in [6.07, 6.45) is 5.24. The topological polar surface area (TPSA) is 59.6 Å². The van der Waals surface area contributed by atoms with Crippen LogP contribution in [-0.2, 0) is 19.6 Å². The molecule has 0 fully saturated rings. The molecule has 0 radical (unpaired) electrons. The second-order valence-corrected chi connectivity index (χ2v) is 8.43. The van der Waals surface area contributed by atoms with Crippen molar-refractivity contribution in [3.63, 3.8) is 0 Å². The maximum Gasteiger partial charge on any atom is 0.127 e. The Bertz CT molecular complexity index is 1380. The van der Waals surface area contributed by atoms with Crippen molar-refractivity contribution in [3.8, 4) is 5.75 Å². The van der Waals surface area contributed by atoms with Gasteiger partial charge in [0.15, 0.2) is 0 Å². The SMILES string of the molecule is CCCc1nc2c(C)cccc2n1Cc1ccc2c(c1)COc1ccccc1C2=CC=NO. The summed E-state index contributed by atoms with van der Waals surface area (Å²) < 4.78 is 8.50. The Kier molecular flexibility index (Phi) is 5.69. The van der Waals surface area contributed by atoms with Gasteiger partial charge in [-0.3, -0.25) is 0 Å². The third-order valence-electron chi connectivity index (χ3n) is 6.20. The molecule has 1 aliphatic heterocycles. The number of benzene rings is 3. The number of ether oxygens (including phenoxy) is 1. The van der Waals surface area contributed by atoms with E-state index in [1.54, 1.807) is 0 Å². The van der Waals surface area contributed by atoms with Crippen molar-refractivity contribution in [3.05, 3.63) is 100 Å². The van der Waals surface area contributed by atoms with Crippen molar-refractivity contribution in [2.45, 2.75) is 39.8 Å². The Labute approximate surface area is 193 Å². The molecule has 0 atom stereocenters. The number of hydrogen-bond acceptors (Lipinski definition) is 4. The Hall–Kier alpha value is -3.86. The highest BCUT2D eigenvalue weighted by Crippen LogP contribution is 2.37. The van der Waals surface area contributed by atoms with Gasteiger partial charge in [-0.05, 0) is 65.4 Å². The summed E-state index contributed by atoms with van der Waals surface area (Å²) in [5.41, 5.74) is 8.85. The molecule has 5 heteroatoms. The fraction of sp³-hybridized carbons (Fsp3) is 0.214. The summed E-state index contributed by atoms with van der Waals surface area (Å²) in [4.78, 5) is 4.96. The maximum absolute atomic E-state index is 9.01. The first-order chi connectivity index (χ1) is 16.2. The lowest BCUT2D eigenvalue weighted by Crippen LogP contribution is -2.06. The summed E-state index contributed by atoms with van der Waals surface area (Å²) in [6.45, 7) is 5.56. The summed E-state index contributed by atoms with van der Waals surface area (Å²) in [5.74, 6) is 1.95. The van der Waals surface area contributed by atoms with E-state index in [9.17, 15) is 0 Å². The molecule has 0 aliphatic carbocycles. The van der Waals surface area contributed by atoms with Gasteiger partial charge in [0.2, 0.25) is 0 Å². The molecule has 1 N–H and O–H groups in total. The van der Waals surface area contributed by atoms with E-state index in [1.807, 2.05) is 30.3 Å². The van der Waals surface area contributed by atoms with Gasteiger partial charge in [-0.1, -0.05) is 54.5 Å². The maximum atomic E-state index is 9.01. The molecule has 0 saturated heterocycles. The second-order valence-electron chi connectivity index (χ2n) is 8.43. The quantitative estimate of drug-likeness (QED) is 0.232. The molecule has 2 heterocycles. The number of fused-ring (bicyclic) bond motifs is 3. The monoisotopic (exact) mass is 437 g/mol. The van der Waals surface area contributed by atoms with Crippen LogP contribution in [0.15, 0.2) is 71.9 Å². The molecule has 0 unspecified atom stereocenters. The number of nitrogens with zero attached hydrogens (tertiary/aromatic N) is 3. The van der Waals surface area contributed by atoms with Crippen LogP contribution in [0.2, 0.25) is 0 Å². The number of imidazole rings is 1. The van der Waals surface area contributed by atoms with Crippen molar-refractivity contribution in [1.29, 1.82) is 0 Å². The van der Waals surface area contributed by atoms with Crippen LogP contribution >= 0.6 is 0 Å². The molecule has 3 aromatic carbocycles. The van der Waals surface area contributed by atoms with Crippen LogP contribution in [0.5, 0.6) is 5.75 Å². The first-order valence-corrected chi connectivity index (χ1v) is 11.4. The van der Waals surface area contributed by atoms with E-state index in [0.29, 0.717) is 6.61 Å². The number of aromatic nitrogens is 2. The summed E-state index contributed by atoms with van der Waals surface area (Å²) in [6, 6.07) is 20.9. The van der Waals surface area contributed by atoms with Crippen molar-refractivity contribution in [2.24, 2.45) is 5.16 Å². The lowest BCUT2D eigenvalue weighted by molar-refractivity contribution is 0.307. The number of aryl methyl sites for hydroxylation is 2. The standard InChI is InChI=1S/C28H27N3O2/c1-3-7-27-30-28-19(2)8-6-10-25(28)31(27)17-20-12-13-22-21(16-20)18-33-26-11-5-4-9-24(26)23(22)14-15-29-32/h4-6,8-16,32H,3,7,17-18H2,1-2H3. The van der Waals surface area contributed by atoms with Gasteiger partial charge >= 0.3 is 0 Å². The number of hydrogen-bond donors (Lipinski definition) is 1. The van der Waals surface area contributed by atoms with E-state index in [1.165, 1.54) is 22.9 Å². The van der Waals surface area contributed by atoms with E-state index < -0.39 is 0 Å². The van der Waals surface area contributed by atoms with Crippen LogP contribution < -0.4 is 4.74 Å². The number of oxime groups is 1. The van der Waals surface area contributed by atoms with Crippen LogP contribution in [0.1, 0.15) is 47.0 Å². The smallest absolute Gasteiger partial charge is 0.127 e. The first kappa shape index (κ1) is 21.0. The third kappa shape index (κ3) is 3.91. The predicted molar refractivity (Wildman–Crippen MR) is 132 cm³/mol. The fourth-order valence-corrected chi connectivity index (χ4v) is 4.64. The van der Waals surface area contributed by atoms with Gasteiger partial charge in [-0.15, -0.1) is 0 Å². The summed E-state index contributed by atoms with van der Waals surface area (Å²) in [7, 11) is 0. The van der Waals surface area contributed by atoms with E-state index in [4.69, 9.17) is 14.9 Å². The molecular weight excluding hydrogens is 410 g/mol. The van der Waals surface area contributed by atoms with Crippen LogP contribution in [-0.4, -0.2) is 21.0 Å². The average molecular weight is 438 g/mol. The Morgan fingerprint density at radius 3 is 2.82 bits per heavy atom. The van der Waals surface area contributed by atoms with E-state index in [0.717, 1.165) is 58.7 Å². The number of allylic oxidation sites excluding steroid dienone is 1. The third-order valence-corrected chi connectivity index (χ3v) is 6.20. The molecule has 5 nitrogen and oxygen atoms in total. The fourth-order valence-electron chi connectivity index (χ4n) is 4.64. The van der Waals surface area contributed by atoms with Crippen molar-refractivity contribution < 1.29 is 9.94 Å². The van der Waals surface area contributed by atoms with Crippen molar-refractivity contribution in [1.82, 2.24) is 9.55 Å². The Morgan fingerprint density at radius 2 is 1.97 bits per heavy atom. The molecule has 4 aromatic rings. The van der Waals surface area contributed by atoms with Crippen LogP contribution in [0.4, 0.5) is 0 Å². The van der Waals surface area contributed by atoms with Crippen molar-refractivity contribution >= 4 is 22.8 Å². The van der Waals surface area contributed by atoms with Gasteiger partial charge in [-0.2, -0.15) is 0 Å². The van der Waals surface area contributed by atoms with Gasteiger partial charge < -0.3 is 14.5 Å². The zero-order valence-corrected chi connectivity index (χ0v) is 19.0. The van der Waals surface area contributed by atoms with E-state index >= 15 is 0 Å². The molecule has 1 aliphatic rings. The Morgan fingerprint density at radius 1 is 1.09 bits per heavy atom. The molecule has 5 rings (SSSR count). The summed E-state index contributed by atoms with van der Waals surface area (Å²) >= 11 is 0. The van der Waals surface area contributed by atoms with Crippen LogP contribution in [0, 0.1) is 6.92 Å². The van der Waals surface area contributed by atoms with Gasteiger partial charge in [0.05, 0.1) is 17.2 Å². The normalized spacial score (nSPS) is 14.3. The van der Waals surface area contributed by atoms with E-state index in [2.05, 4.69) is 60.0 Å². The highest BCUT2D eigenvalue weighted by atomic mass is 16.5. The van der Waals surface area contributed by atoms with E-state index in [-0.39, 0.29) is 0 Å². The van der Waals surface area contributed by atoms with Crippen LogP contribution in [0.25, 0.3) is 16.6 Å². The van der Waals surface area contributed by atoms with Crippen LogP contribution in [0.3, 0.4) is 0 Å². The number of para-hydroxylation sites is 2. The zero-order chi connectivity index (χ0) is 22.8. The molecule has 0 spiro atoms. The molecule has 33 heavy (non-hydrogen) atoms. The highest BCUT2D eigenvalue weighted by molar-refractivity contribution is 5.94. The van der Waals surface area contributed by atoms with Gasteiger partial charge in [0.1, 0.15) is 18.2 Å². The van der Waals surface area contributed by atoms with Gasteiger partial charge in [-0.25, -0.2) is 4.98 Å². The first-order valence-electron chi connectivity index (χ1n) is 11.4. The Balaban J connectivity index is 1.58. The second kappa shape index (κ2) is 8.94.